The molecule has 2 N–H and O–H groups in total. The first-order chi connectivity index (χ1) is 7.65. The second-order valence-corrected chi connectivity index (χ2v) is 10.6. The molecular weight excluding hydrogens is 233 g/mol. The molecule has 1 aromatic rings. The van der Waals surface area contributed by atoms with Crippen molar-refractivity contribution in [3.63, 3.8) is 0 Å². The van der Waals surface area contributed by atoms with Crippen LogP contribution < -0.4 is 10.2 Å². The van der Waals surface area contributed by atoms with E-state index in [4.69, 9.17) is 10.2 Å². The summed E-state index contributed by atoms with van der Waals surface area (Å²) in [6.45, 7) is 11.1. The third kappa shape index (κ3) is 3.54. The summed E-state index contributed by atoms with van der Waals surface area (Å²) >= 11 is 0. The van der Waals surface area contributed by atoms with Gasteiger partial charge in [0, 0.05) is 12.6 Å². The van der Waals surface area contributed by atoms with E-state index in [0.29, 0.717) is 12.3 Å². The molecule has 17 heavy (non-hydrogen) atoms. The van der Waals surface area contributed by atoms with E-state index < -0.39 is 8.32 Å². The van der Waals surface area contributed by atoms with Gasteiger partial charge in [-0.2, -0.15) is 0 Å². The minimum absolute atomic E-state index is 0.0994. The monoisotopic (exact) mass is 255 g/mol. The normalized spacial score (nSPS) is 12.6. The van der Waals surface area contributed by atoms with Crippen molar-refractivity contribution < 1.29 is 8.82 Å². The van der Waals surface area contributed by atoms with Crippen molar-refractivity contribution >= 4 is 8.32 Å². The predicted octanol–water partition coefficient (Wildman–Crippen LogP) is 3.67. The second-order valence-electron chi connectivity index (χ2n) is 5.86. The van der Waals surface area contributed by atoms with Gasteiger partial charge in [0.1, 0.15) is 11.6 Å². The minimum atomic E-state index is -1.91. The lowest BCUT2D eigenvalue weighted by molar-refractivity contribution is 0.486. The molecule has 2 nitrogen and oxygen atoms in total. The van der Waals surface area contributed by atoms with E-state index in [0.717, 1.165) is 5.56 Å². The number of nitrogens with two attached hydrogens (primary N) is 1. The second kappa shape index (κ2) is 4.78. The summed E-state index contributed by atoms with van der Waals surface area (Å²) in [6.07, 6.45) is 0. The summed E-state index contributed by atoms with van der Waals surface area (Å²) < 4.78 is 19.4. The third-order valence-corrected chi connectivity index (χ3v) is 7.70. The summed E-state index contributed by atoms with van der Waals surface area (Å²) in [5.74, 6) is 0.304. The first-order valence-electron chi connectivity index (χ1n) is 5.84. The summed E-state index contributed by atoms with van der Waals surface area (Å²) in [7, 11) is -1.91. The van der Waals surface area contributed by atoms with Gasteiger partial charge in [-0.15, -0.1) is 0 Å². The molecule has 0 heterocycles. The van der Waals surface area contributed by atoms with Gasteiger partial charge in [-0.1, -0.05) is 20.8 Å². The molecule has 0 bridgehead atoms. The predicted molar refractivity (Wildman–Crippen MR) is 72.1 cm³/mol. The fraction of sp³-hybridized carbons (Fsp3) is 0.538. The zero-order valence-corrected chi connectivity index (χ0v) is 12.3. The highest BCUT2D eigenvalue weighted by atomic mass is 28.4. The summed E-state index contributed by atoms with van der Waals surface area (Å²) in [5.41, 5.74) is 6.29. The van der Waals surface area contributed by atoms with Crippen LogP contribution in [0.5, 0.6) is 5.75 Å². The molecule has 96 valence electrons. The Balaban J connectivity index is 2.99. The topological polar surface area (TPSA) is 35.2 Å². The molecule has 0 fully saturated rings. The molecule has 0 unspecified atom stereocenters. The molecule has 0 aliphatic heterocycles. The largest absolute Gasteiger partial charge is 0.543 e. The molecule has 0 aliphatic rings. The van der Waals surface area contributed by atoms with E-state index >= 15 is 0 Å². The van der Waals surface area contributed by atoms with Crippen LogP contribution in [0.15, 0.2) is 18.2 Å². The van der Waals surface area contributed by atoms with Crippen LogP contribution in [0.2, 0.25) is 18.1 Å². The van der Waals surface area contributed by atoms with Gasteiger partial charge < -0.3 is 10.2 Å². The van der Waals surface area contributed by atoms with Crippen molar-refractivity contribution in [3.8, 4) is 5.75 Å². The van der Waals surface area contributed by atoms with E-state index in [9.17, 15) is 4.39 Å². The van der Waals surface area contributed by atoms with Crippen molar-refractivity contribution in [3.05, 3.63) is 29.6 Å². The van der Waals surface area contributed by atoms with Gasteiger partial charge in [0.2, 0.25) is 8.32 Å². The fourth-order valence-corrected chi connectivity index (χ4v) is 2.26. The number of rotatable bonds is 3. The molecule has 0 saturated carbocycles. The molecular formula is C13H22FNOSi. The maximum Gasteiger partial charge on any atom is 0.250 e. The van der Waals surface area contributed by atoms with Crippen LogP contribution in [-0.4, -0.2) is 8.32 Å². The van der Waals surface area contributed by atoms with E-state index in [1.54, 1.807) is 0 Å². The summed E-state index contributed by atoms with van der Waals surface area (Å²) in [6, 6.07) is 4.70. The Labute approximate surface area is 104 Å². The first-order valence-corrected chi connectivity index (χ1v) is 8.75. The number of hydrogen-bond acceptors (Lipinski definition) is 2. The number of hydrogen-bond donors (Lipinski definition) is 1. The Hall–Kier alpha value is -0.873. The summed E-state index contributed by atoms with van der Waals surface area (Å²) in [5, 5.41) is 0.0994. The number of benzene rings is 1. The van der Waals surface area contributed by atoms with E-state index in [1.165, 1.54) is 12.1 Å². The van der Waals surface area contributed by atoms with Crippen molar-refractivity contribution in [1.82, 2.24) is 0 Å². The smallest absolute Gasteiger partial charge is 0.250 e. The average Bonchev–Trinajstić information content (AvgIpc) is 2.14. The fourth-order valence-electron chi connectivity index (χ4n) is 1.25. The van der Waals surface area contributed by atoms with Crippen LogP contribution in [-0.2, 0) is 6.54 Å². The zero-order valence-electron chi connectivity index (χ0n) is 11.3. The summed E-state index contributed by atoms with van der Waals surface area (Å²) in [4.78, 5) is 0. The highest BCUT2D eigenvalue weighted by Crippen LogP contribution is 2.37. The zero-order chi connectivity index (χ0) is 13.3. The molecule has 0 radical (unpaired) electrons. The molecule has 0 saturated heterocycles. The highest BCUT2D eigenvalue weighted by Gasteiger charge is 2.39. The number of halogens is 1. The molecule has 0 aliphatic carbocycles. The van der Waals surface area contributed by atoms with E-state index in [1.807, 2.05) is 6.07 Å². The Morgan fingerprint density at radius 2 is 1.82 bits per heavy atom. The lowest BCUT2D eigenvalue weighted by Gasteiger charge is -2.36. The Morgan fingerprint density at radius 3 is 2.29 bits per heavy atom. The van der Waals surface area contributed by atoms with Crippen LogP contribution in [0.25, 0.3) is 0 Å². The molecule has 0 amide bonds. The van der Waals surface area contributed by atoms with Gasteiger partial charge in [-0.05, 0) is 35.8 Å². The molecule has 0 atom stereocenters. The van der Waals surface area contributed by atoms with Crippen LogP contribution in [0, 0.1) is 5.82 Å². The lowest BCUT2D eigenvalue weighted by Crippen LogP contribution is -2.43. The van der Waals surface area contributed by atoms with Gasteiger partial charge in [0.25, 0.3) is 0 Å². The third-order valence-electron chi connectivity index (χ3n) is 3.35. The Kier molecular flexibility index (Phi) is 3.99. The van der Waals surface area contributed by atoms with Crippen LogP contribution in [0.4, 0.5) is 4.39 Å². The SMILES string of the molecule is CC(C)(C)[Si](C)(C)Oc1cc(F)cc(CN)c1. The maximum absolute atomic E-state index is 13.4. The minimum Gasteiger partial charge on any atom is -0.543 e. The van der Waals surface area contributed by atoms with Crippen LogP contribution in [0.1, 0.15) is 26.3 Å². The van der Waals surface area contributed by atoms with Crippen molar-refractivity contribution in [2.24, 2.45) is 5.73 Å². The molecule has 0 aromatic heterocycles. The molecule has 0 spiro atoms. The van der Waals surface area contributed by atoms with Gasteiger partial charge in [0.15, 0.2) is 0 Å². The van der Waals surface area contributed by atoms with E-state index in [-0.39, 0.29) is 10.9 Å². The molecule has 1 aromatic carbocycles. The van der Waals surface area contributed by atoms with Crippen LogP contribution >= 0.6 is 0 Å². The quantitative estimate of drug-likeness (QED) is 0.836. The van der Waals surface area contributed by atoms with Crippen LogP contribution in [0.3, 0.4) is 0 Å². The van der Waals surface area contributed by atoms with Crippen molar-refractivity contribution in [2.45, 2.75) is 45.4 Å². The Morgan fingerprint density at radius 1 is 1.24 bits per heavy atom. The van der Waals surface area contributed by atoms with Gasteiger partial charge in [-0.25, -0.2) is 4.39 Å². The standard InChI is InChI=1S/C13H22FNOSi/c1-13(2,3)17(4,5)16-12-7-10(9-15)6-11(14)8-12/h6-8H,9,15H2,1-5H3. The van der Waals surface area contributed by atoms with Gasteiger partial charge in [-0.3, -0.25) is 0 Å². The lowest BCUT2D eigenvalue weighted by atomic mass is 10.2. The highest BCUT2D eigenvalue weighted by molar-refractivity contribution is 6.74. The van der Waals surface area contributed by atoms with E-state index in [2.05, 4.69) is 33.9 Å². The molecule has 1 rings (SSSR count). The Bertz CT molecular complexity index is 399. The molecule has 4 heteroatoms. The van der Waals surface area contributed by atoms with Gasteiger partial charge >= 0.3 is 0 Å². The average molecular weight is 255 g/mol. The maximum atomic E-state index is 13.4. The van der Waals surface area contributed by atoms with Crippen molar-refractivity contribution in [2.75, 3.05) is 0 Å². The first kappa shape index (κ1) is 14.2. The van der Waals surface area contributed by atoms with Gasteiger partial charge in [0.05, 0.1) is 0 Å². The van der Waals surface area contributed by atoms with Crippen molar-refractivity contribution in [1.29, 1.82) is 0 Å².